The van der Waals surface area contributed by atoms with Crippen LogP contribution in [0.1, 0.15) is 16.2 Å². The first-order valence-corrected chi connectivity index (χ1v) is 11.6. The number of aromatic nitrogens is 2. The molecule has 34 heavy (non-hydrogen) atoms. The van der Waals surface area contributed by atoms with E-state index >= 15 is 0 Å². The Morgan fingerprint density at radius 1 is 0.941 bits per heavy atom. The number of para-hydroxylation sites is 2. The Labute approximate surface area is 196 Å². The zero-order valence-corrected chi connectivity index (χ0v) is 19.2. The number of benzene rings is 3. The molecule has 0 radical (unpaired) electrons. The summed E-state index contributed by atoms with van der Waals surface area (Å²) in [4.78, 5) is 29.6. The van der Waals surface area contributed by atoms with E-state index < -0.39 is 27.4 Å². The Morgan fingerprint density at radius 3 is 2.12 bits per heavy atom. The topological polar surface area (TPSA) is 125 Å². The number of hydrogen-bond donors (Lipinski definition) is 1. The van der Waals surface area contributed by atoms with Gasteiger partial charge < -0.3 is 9.47 Å². The van der Waals surface area contributed by atoms with E-state index in [0.29, 0.717) is 0 Å². The lowest BCUT2D eigenvalue weighted by Crippen LogP contribution is -2.27. The van der Waals surface area contributed by atoms with Gasteiger partial charge in [0.25, 0.3) is 15.7 Å². The Hall–Kier alpha value is -4.02. The molecule has 4 aromatic rings. The zero-order valence-electron chi connectivity index (χ0n) is 18.4. The van der Waals surface area contributed by atoms with Crippen LogP contribution in [-0.2, 0) is 20.6 Å². The van der Waals surface area contributed by atoms with Gasteiger partial charge in [-0.25, -0.2) is 9.78 Å². The minimum absolute atomic E-state index is 0.0349. The molecule has 1 aromatic heterocycles. The molecule has 0 aliphatic carbocycles. The fourth-order valence-electron chi connectivity index (χ4n) is 3.24. The zero-order chi connectivity index (χ0) is 24.7. The molecule has 0 amide bonds. The van der Waals surface area contributed by atoms with Crippen LogP contribution in [0.5, 0.6) is 5.75 Å². The molecule has 4 rings (SSSR count). The molecular formula is C24H22N2O7S. The van der Waals surface area contributed by atoms with Crippen molar-refractivity contribution in [2.75, 3.05) is 14.2 Å². The molecule has 1 heterocycles. The van der Waals surface area contributed by atoms with Crippen LogP contribution in [0, 0.1) is 0 Å². The highest BCUT2D eigenvalue weighted by molar-refractivity contribution is 7.84. The van der Waals surface area contributed by atoms with Gasteiger partial charge in [-0.1, -0.05) is 54.6 Å². The Morgan fingerprint density at radius 2 is 1.56 bits per heavy atom. The number of ether oxygens (including phenoxy) is 2. The van der Waals surface area contributed by atoms with Crippen molar-refractivity contribution >= 4 is 27.0 Å². The van der Waals surface area contributed by atoms with Gasteiger partial charge in [0.1, 0.15) is 22.8 Å². The summed E-state index contributed by atoms with van der Waals surface area (Å²) >= 11 is 0. The van der Waals surface area contributed by atoms with Gasteiger partial charge in [0, 0.05) is 0 Å². The number of methoxy groups -OCH3 is 2. The highest BCUT2D eigenvalue weighted by Crippen LogP contribution is 2.24. The second-order valence-corrected chi connectivity index (χ2v) is 8.37. The van der Waals surface area contributed by atoms with Crippen LogP contribution >= 0.6 is 0 Å². The predicted octanol–water partition coefficient (Wildman–Crippen LogP) is 3.26. The van der Waals surface area contributed by atoms with E-state index in [1.807, 2.05) is 36.4 Å². The molecule has 0 bridgehead atoms. The second-order valence-electron chi connectivity index (χ2n) is 6.91. The number of rotatable bonds is 5. The summed E-state index contributed by atoms with van der Waals surface area (Å²) in [6.07, 6.45) is 0. The van der Waals surface area contributed by atoms with Crippen LogP contribution in [-0.4, -0.2) is 42.7 Å². The van der Waals surface area contributed by atoms with Crippen LogP contribution in [0.3, 0.4) is 0 Å². The van der Waals surface area contributed by atoms with Gasteiger partial charge in [-0.3, -0.25) is 13.9 Å². The SMILES string of the molecule is COC(=O)c1ccccc1-n1c(CS(=O)(=O)O)nc2c(OC)cccc2c1=O.c1ccccc1. The molecule has 0 unspecified atom stereocenters. The van der Waals surface area contributed by atoms with Crippen molar-refractivity contribution in [2.45, 2.75) is 5.75 Å². The average Bonchev–Trinajstić information content (AvgIpc) is 2.84. The highest BCUT2D eigenvalue weighted by Gasteiger charge is 2.22. The fourth-order valence-corrected chi connectivity index (χ4v) is 3.76. The number of hydrogen-bond acceptors (Lipinski definition) is 7. The van der Waals surface area contributed by atoms with E-state index in [9.17, 15) is 22.6 Å². The van der Waals surface area contributed by atoms with Gasteiger partial charge in [-0.15, -0.1) is 0 Å². The molecule has 0 saturated carbocycles. The first kappa shape index (κ1) is 24.6. The van der Waals surface area contributed by atoms with Crippen molar-refractivity contribution in [3.63, 3.8) is 0 Å². The van der Waals surface area contributed by atoms with Gasteiger partial charge in [0.2, 0.25) is 0 Å². The number of carbonyl (C=O) groups is 1. The fraction of sp³-hybridized carbons (Fsp3) is 0.125. The summed E-state index contributed by atoms with van der Waals surface area (Å²) in [5, 5.41) is 0.151. The van der Waals surface area contributed by atoms with E-state index in [2.05, 4.69) is 4.98 Å². The lowest BCUT2D eigenvalue weighted by Gasteiger charge is -2.16. The normalized spacial score (nSPS) is 10.8. The van der Waals surface area contributed by atoms with Gasteiger partial charge in [-0.05, 0) is 24.3 Å². The molecule has 0 fully saturated rings. The van der Waals surface area contributed by atoms with Crippen LogP contribution in [0.25, 0.3) is 16.6 Å². The van der Waals surface area contributed by atoms with Crippen LogP contribution in [0.4, 0.5) is 0 Å². The highest BCUT2D eigenvalue weighted by atomic mass is 32.2. The molecule has 0 aliphatic heterocycles. The molecule has 1 N–H and O–H groups in total. The molecular weight excluding hydrogens is 460 g/mol. The molecule has 0 atom stereocenters. The van der Waals surface area contributed by atoms with Crippen LogP contribution in [0.2, 0.25) is 0 Å². The number of fused-ring (bicyclic) bond motifs is 1. The predicted molar refractivity (Wildman–Crippen MR) is 127 cm³/mol. The lowest BCUT2D eigenvalue weighted by molar-refractivity contribution is 0.0600. The summed E-state index contributed by atoms with van der Waals surface area (Å²) < 4.78 is 43.3. The first-order valence-electron chi connectivity index (χ1n) is 9.98. The monoisotopic (exact) mass is 482 g/mol. The Kier molecular flexibility index (Phi) is 7.77. The van der Waals surface area contributed by atoms with Gasteiger partial charge in [0.15, 0.2) is 0 Å². The molecule has 0 aliphatic rings. The standard InChI is InChI=1S/C18H16N2O7S.C6H6/c1-26-14-9-5-7-12-16(14)19-15(10-28(23,24)25)20(17(12)21)13-8-4-3-6-11(13)18(22)27-2;1-2-4-6-5-3-1/h3-9H,10H2,1-2H3,(H,23,24,25);1-6H. The van der Waals surface area contributed by atoms with Gasteiger partial charge in [-0.2, -0.15) is 8.42 Å². The molecule has 0 saturated heterocycles. The lowest BCUT2D eigenvalue weighted by atomic mass is 10.1. The molecule has 10 heteroatoms. The summed E-state index contributed by atoms with van der Waals surface area (Å²) in [7, 11) is -1.96. The van der Waals surface area contributed by atoms with Crippen LogP contribution in [0.15, 0.2) is 83.7 Å². The minimum atomic E-state index is -4.53. The van der Waals surface area contributed by atoms with Crippen molar-refractivity contribution in [3.8, 4) is 11.4 Å². The van der Waals surface area contributed by atoms with Crippen molar-refractivity contribution in [2.24, 2.45) is 0 Å². The first-order chi connectivity index (χ1) is 16.3. The van der Waals surface area contributed by atoms with Crippen LogP contribution < -0.4 is 10.3 Å². The average molecular weight is 483 g/mol. The van der Waals surface area contributed by atoms with Gasteiger partial charge in [0.05, 0.1) is 30.9 Å². The summed E-state index contributed by atoms with van der Waals surface area (Å²) in [6, 6.07) is 22.7. The van der Waals surface area contributed by atoms with E-state index in [-0.39, 0.29) is 33.7 Å². The maximum absolute atomic E-state index is 13.2. The quantitative estimate of drug-likeness (QED) is 0.339. The van der Waals surface area contributed by atoms with Crippen molar-refractivity contribution < 1.29 is 27.2 Å². The van der Waals surface area contributed by atoms with Crippen molar-refractivity contribution in [3.05, 3.63) is 101 Å². The summed E-state index contributed by atoms with van der Waals surface area (Å²) in [5.74, 6) is -1.67. The summed E-state index contributed by atoms with van der Waals surface area (Å²) in [6.45, 7) is 0. The third-order valence-corrected chi connectivity index (χ3v) is 5.30. The van der Waals surface area contributed by atoms with Crippen molar-refractivity contribution in [1.82, 2.24) is 9.55 Å². The Balaban J connectivity index is 0.000000469. The van der Waals surface area contributed by atoms with Gasteiger partial charge >= 0.3 is 5.97 Å². The van der Waals surface area contributed by atoms with Crippen molar-refractivity contribution in [1.29, 1.82) is 0 Å². The van der Waals surface area contributed by atoms with E-state index in [1.165, 1.54) is 32.4 Å². The largest absolute Gasteiger partial charge is 0.494 e. The third kappa shape index (κ3) is 5.66. The minimum Gasteiger partial charge on any atom is -0.494 e. The maximum Gasteiger partial charge on any atom is 0.339 e. The van der Waals surface area contributed by atoms with E-state index in [4.69, 9.17) is 9.47 Å². The molecule has 3 aromatic carbocycles. The van der Waals surface area contributed by atoms with E-state index in [0.717, 1.165) is 4.57 Å². The number of carbonyl (C=O) groups excluding carboxylic acids is 1. The van der Waals surface area contributed by atoms with E-state index in [1.54, 1.807) is 24.3 Å². The molecule has 176 valence electrons. The maximum atomic E-state index is 13.2. The smallest absolute Gasteiger partial charge is 0.339 e. The number of nitrogens with zero attached hydrogens (tertiary/aromatic N) is 2. The molecule has 9 nitrogen and oxygen atoms in total. The summed E-state index contributed by atoms with van der Waals surface area (Å²) in [5.41, 5.74) is -0.373. The Bertz CT molecular complexity index is 1440. The molecule has 0 spiro atoms. The third-order valence-electron chi connectivity index (χ3n) is 4.68. The second kappa shape index (κ2) is 10.7. The number of esters is 1.